The highest BCUT2D eigenvalue weighted by atomic mass is 32.1. The van der Waals surface area contributed by atoms with Crippen LogP contribution < -0.4 is 5.56 Å². The van der Waals surface area contributed by atoms with E-state index in [1.807, 2.05) is 64.1 Å². The van der Waals surface area contributed by atoms with Gasteiger partial charge in [0.25, 0.3) is 5.56 Å². The van der Waals surface area contributed by atoms with Crippen LogP contribution in [0.2, 0.25) is 0 Å². The van der Waals surface area contributed by atoms with Crippen LogP contribution in [0.4, 0.5) is 0 Å². The van der Waals surface area contributed by atoms with Gasteiger partial charge in [0.05, 0.1) is 11.7 Å². The van der Waals surface area contributed by atoms with E-state index in [1.165, 1.54) is 11.7 Å². The van der Waals surface area contributed by atoms with Gasteiger partial charge in [-0.25, -0.2) is 4.98 Å². The van der Waals surface area contributed by atoms with E-state index in [4.69, 9.17) is 0 Å². The first-order chi connectivity index (χ1) is 11.6. The Kier molecular flexibility index (Phi) is 6.14. The first-order valence-corrected chi connectivity index (χ1v) is 8.50. The lowest BCUT2D eigenvalue weighted by Crippen LogP contribution is -2.06. The predicted molar refractivity (Wildman–Crippen MR) is 101 cm³/mol. The summed E-state index contributed by atoms with van der Waals surface area (Å²) in [6.45, 7) is 7.87. The van der Waals surface area contributed by atoms with Gasteiger partial charge < -0.3 is 4.98 Å². The van der Waals surface area contributed by atoms with Crippen molar-refractivity contribution in [3.05, 3.63) is 64.2 Å². The normalized spacial score (nSPS) is 9.83. The van der Waals surface area contributed by atoms with Crippen LogP contribution in [0.25, 0.3) is 21.9 Å². The molecule has 5 nitrogen and oxygen atoms in total. The van der Waals surface area contributed by atoms with Crippen LogP contribution in [0, 0.1) is 13.8 Å². The van der Waals surface area contributed by atoms with Gasteiger partial charge in [-0.15, -0.1) is 0 Å². The average molecular weight is 340 g/mol. The van der Waals surface area contributed by atoms with Gasteiger partial charge in [0.1, 0.15) is 5.52 Å². The second-order valence-electron chi connectivity index (χ2n) is 4.99. The largest absolute Gasteiger partial charge is 0.326 e. The summed E-state index contributed by atoms with van der Waals surface area (Å²) in [6.07, 6.45) is 1.80. The van der Waals surface area contributed by atoms with Crippen LogP contribution in [-0.2, 0) is 0 Å². The number of hydrogen-bond donors (Lipinski definition) is 1. The smallest absolute Gasteiger partial charge is 0.256 e. The summed E-state index contributed by atoms with van der Waals surface area (Å²) in [4.78, 5) is 18.2. The minimum atomic E-state index is -0.00870. The first-order valence-electron chi connectivity index (χ1n) is 7.77. The van der Waals surface area contributed by atoms with Gasteiger partial charge in [-0.3, -0.25) is 4.79 Å². The highest BCUT2D eigenvalue weighted by molar-refractivity contribution is 7.00. The molecule has 0 aliphatic carbocycles. The average Bonchev–Trinajstić information content (AvgIpc) is 3.04. The fourth-order valence-electron chi connectivity index (χ4n) is 2.13. The summed E-state index contributed by atoms with van der Waals surface area (Å²) in [6, 6.07) is 11.5. The van der Waals surface area contributed by atoms with E-state index in [0.29, 0.717) is 0 Å². The fraction of sp³-hybridized carbons (Fsp3) is 0.222. The molecule has 124 valence electrons. The summed E-state index contributed by atoms with van der Waals surface area (Å²) in [7, 11) is 0. The minimum absolute atomic E-state index is 0.00870. The van der Waals surface area contributed by atoms with Crippen molar-refractivity contribution < 1.29 is 0 Å². The van der Waals surface area contributed by atoms with Crippen LogP contribution in [-0.4, -0.2) is 18.7 Å². The second-order valence-corrected chi connectivity index (χ2v) is 5.52. The third-order valence-corrected chi connectivity index (χ3v) is 3.67. The van der Waals surface area contributed by atoms with Crippen molar-refractivity contribution in [1.29, 1.82) is 0 Å². The molecular weight excluding hydrogens is 320 g/mol. The van der Waals surface area contributed by atoms with Crippen LogP contribution in [0.1, 0.15) is 25.1 Å². The van der Waals surface area contributed by atoms with Gasteiger partial charge in [-0.1, -0.05) is 32.0 Å². The lowest BCUT2D eigenvalue weighted by Gasteiger charge is -1.96. The molecule has 0 unspecified atom stereocenters. The fourth-order valence-corrected chi connectivity index (χ4v) is 2.61. The van der Waals surface area contributed by atoms with Gasteiger partial charge in [0.2, 0.25) is 0 Å². The van der Waals surface area contributed by atoms with Crippen molar-refractivity contribution in [3.8, 4) is 0 Å². The molecule has 0 aliphatic rings. The van der Waals surface area contributed by atoms with E-state index in [-0.39, 0.29) is 5.56 Å². The van der Waals surface area contributed by atoms with Gasteiger partial charge in [0.15, 0.2) is 5.65 Å². The number of aromatic amines is 1. The summed E-state index contributed by atoms with van der Waals surface area (Å²) < 4.78 is 8.03. The van der Waals surface area contributed by atoms with Crippen molar-refractivity contribution >= 4 is 33.7 Å². The van der Waals surface area contributed by atoms with Crippen LogP contribution in [0.5, 0.6) is 0 Å². The van der Waals surface area contributed by atoms with Crippen LogP contribution >= 0.6 is 11.7 Å². The van der Waals surface area contributed by atoms with Gasteiger partial charge in [-0.2, -0.15) is 8.75 Å². The summed E-state index contributed by atoms with van der Waals surface area (Å²) >= 11 is 1.20. The lowest BCUT2D eigenvalue weighted by molar-refractivity contribution is 1.17. The Morgan fingerprint density at radius 3 is 2.58 bits per heavy atom. The molecule has 3 heterocycles. The number of aryl methyl sites for hydroxylation is 2. The van der Waals surface area contributed by atoms with Crippen molar-refractivity contribution in [2.24, 2.45) is 0 Å². The maximum absolute atomic E-state index is 11.3. The molecule has 0 saturated carbocycles. The Labute approximate surface area is 144 Å². The highest BCUT2D eigenvalue weighted by Crippen LogP contribution is 2.09. The molecule has 0 atom stereocenters. The lowest BCUT2D eigenvalue weighted by atomic mass is 10.1. The maximum Gasteiger partial charge on any atom is 0.256 e. The highest BCUT2D eigenvalue weighted by Gasteiger charge is 1.97. The molecule has 0 aliphatic heterocycles. The third-order valence-electron chi connectivity index (χ3n) is 3.14. The maximum atomic E-state index is 11.3. The quantitative estimate of drug-likeness (QED) is 0.519. The van der Waals surface area contributed by atoms with E-state index in [0.717, 1.165) is 33.2 Å². The molecule has 4 aromatic rings. The number of aromatic nitrogens is 4. The topological polar surface area (TPSA) is 71.5 Å². The molecule has 0 spiro atoms. The number of nitrogens with zero attached hydrogens (tertiary/aromatic N) is 3. The third kappa shape index (κ3) is 4.23. The Bertz CT molecular complexity index is 991. The first kappa shape index (κ1) is 17.7. The number of hydrogen-bond acceptors (Lipinski definition) is 5. The number of fused-ring (bicyclic) bond motifs is 2. The SMILES string of the molecule is CC.Cc1cc2ccccc2c(=O)[nH]1.Cc1cnc2nsnc2c1. The van der Waals surface area contributed by atoms with E-state index in [2.05, 4.69) is 18.7 Å². The molecule has 0 amide bonds. The molecule has 6 heteroatoms. The number of rotatable bonds is 0. The zero-order valence-corrected chi connectivity index (χ0v) is 15.0. The standard InChI is InChI=1S/C10H9NO.C6H5N3S.C2H6/c1-7-6-8-4-2-3-5-9(8)10(12)11-7;1-4-2-5-6(7-3-4)9-10-8-5;1-2/h2-6H,1H3,(H,11,12);2-3H,1H3;1-2H3. The number of benzene rings is 1. The number of H-pyrrole nitrogens is 1. The zero-order chi connectivity index (χ0) is 17.5. The molecule has 0 bridgehead atoms. The monoisotopic (exact) mass is 340 g/mol. The molecule has 1 N–H and O–H groups in total. The summed E-state index contributed by atoms with van der Waals surface area (Å²) in [5, 5.41) is 1.75. The van der Waals surface area contributed by atoms with Gasteiger partial charge in [0, 0.05) is 17.3 Å². The Balaban J connectivity index is 0.000000160. The van der Waals surface area contributed by atoms with E-state index < -0.39 is 0 Å². The van der Waals surface area contributed by atoms with Crippen molar-refractivity contribution in [3.63, 3.8) is 0 Å². The molecule has 0 saturated heterocycles. The Hall–Kier alpha value is -2.60. The Morgan fingerprint density at radius 1 is 1.04 bits per heavy atom. The Morgan fingerprint density at radius 2 is 1.79 bits per heavy atom. The molecule has 24 heavy (non-hydrogen) atoms. The molecule has 4 rings (SSSR count). The molecule has 0 fully saturated rings. The number of nitrogens with one attached hydrogen (secondary N) is 1. The van der Waals surface area contributed by atoms with E-state index >= 15 is 0 Å². The van der Waals surface area contributed by atoms with E-state index in [9.17, 15) is 4.79 Å². The zero-order valence-electron chi connectivity index (χ0n) is 14.2. The second kappa shape index (κ2) is 8.31. The molecule has 0 radical (unpaired) electrons. The van der Waals surface area contributed by atoms with Gasteiger partial charge in [-0.05, 0) is 43.0 Å². The van der Waals surface area contributed by atoms with Crippen molar-refractivity contribution in [2.75, 3.05) is 0 Å². The summed E-state index contributed by atoms with van der Waals surface area (Å²) in [5.41, 5.74) is 3.66. The summed E-state index contributed by atoms with van der Waals surface area (Å²) in [5.74, 6) is 0. The van der Waals surface area contributed by atoms with Crippen molar-refractivity contribution in [2.45, 2.75) is 27.7 Å². The van der Waals surface area contributed by atoms with Crippen LogP contribution in [0.3, 0.4) is 0 Å². The molecular formula is C18H20N4OS. The molecule has 1 aromatic carbocycles. The predicted octanol–water partition coefficient (Wildman–Crippen LogP) is 4.26. The van der Waals surface area contributed by atoms with Crippen molar-refractivity contribution in [1.82, 2.24) is 18.7 Å². The number of pyridine rings is 2. The van der Waals surface area contributed by atoms with Gasteiger partial charge >= 0.3 is 0 Å². The minimum Gasteiger partial charge on any atom is -0.326 e. The molecule has 3 aromatic heterocycles. The van der Waals surface area contributed by atoms with Crippen LogP contribution in [0.15, 0.2) is 47.4 Å². The van der Waals surface area contributed by atoms with E-state index in [1.54, 1.807) is 6.20 Å².